The van der Waals surface area contributed by atoms with Gasteiger partial charge in [-0.05, 0) is 19.8 Å². The van der Waals surface area contributed by atoms with E-state index in [1.54, 1.807) is 0 Å². The molecule has 0 radical (unpaired) electrons. The van der Waals surface area contributed by atoms with Crippen LogP contribution >= 0.6 is 11.8 Å². The number of hydrogen-bond acceptors (Lipinski definition) is 6. The van der Waals surface area contributed by atoms with Crippen LogP contribution in [0.3, 0.4) is 0 Å². The van der Waals surface area contributed by atoms with Crippen molar-refractivity contribution < 1.29 is 14.6 Å². The van der Waals surface area contributed by atoms with E-state index >= 15 is 0 Å². The Morgan fingerprint density at radius 2 is 2.20 bits per heavy atom. The normalized spacial score (nSPS) is 16.3. The molecule has 1 aliphatic rings. The number of carbonyl (C=O) groups is 1. The standard InChI is InChI=1S/C12H20N4O3S/c1-3-16-11(13-14-12(16)20-8-10(17)18)15(2)9-4-6-19-7-5-9/h9H,3-8H2,1-2H3,(H,17,18). The Bertz CT molecular complexity index is 460. The van der Waals surface area contributed by atoms with E-state index in [0.29, 0.717) is 11.2 Å². The molecule has 0 spiro atoms. The maximum Gasteiger partial charge on any atom is 0.313 e. The van der Waals surface area contributed by atoms with Crippen LogP contribution in [0, 0.1) is 0 Å². The van der Waals surface area contributed by atoms with Crippen molar-refractivity contribution in [2.75, 3.05) is 30.9 Å². The number of aromatic nitrogens is 3. The van der Waals surface area contributed by atoms with Gasteiger partial charge in [-0.15, -0.1) is 10.2 Å². The van der Waals surface area contributed by atoms with Crippen molar-refractivity contribution in [2.24, 2.45) is 0 Å². The number of aliphatic carboxylic acids is 1. The number of thioether (sulfide) groups is 1. The first-order valence-corrected chi connectivity index (χ1v) is 7.70. The van der Waals surface area contributed by atoms with Crippen molar-refractivity contribution in [3.63, 3.8) is 0 Å². The van der Waals surface area contributed by atoms with Gasteiger partial charge in [-0.1, -0.05) is 11.8 Å². The first-order chi connectivity index (χ1) is 9.63. The second-order valence-corrected chi connectivity index (χ2v) is 5.61. The van der Waals surface area contributed by atoms with Crippen molar-refractivity contribution in [3.05, 3.63) is 0 Å². The van der Waals surface area contributed by atoms with Gasteiger partial charge in [0, 0.05) is 32.8 Å². The molecule has 1 aliphatic heterocycles. The third-order valence-electron chi connectivity index (χ3n) is 3.39. The Morgan fingerprint density at radius 3 is 2.80 bits per heavy atom. The number of rotatable bonds is 6. The largest absolute Gasteiger partial charge is 0.481 e. The molecule has 112 valence electrons. The molecule has 7 nitrogen and oxygen atoms in total. The minimum atomic E-state index is -0.847. The van der Waals surface area contributed by atoms with Gasteiger partial charge in [0.25, 0.3) is 0 Å². The van der Waals surface area contributed by atoms with Crippen LogP contribution in [0.2, 0.25) is 0 Å². The molecule has 0 atom stereocenters. The maximum atomic E-state index is 10.7. The van der Waals surface area contributed by atoms with Crippen LogP contribution in [0.15, 0.2) is 5.16 Å². The van der Waals surface area contributed by atoms with Crippen LogP contribution in [0.1, 0.15) is 19.8 Å². The Kier molecular flexibility index (Phi) is 5.24. The highest BCUT2D eigenvalue weighted by molar-refractivity contribution is 7.99. The zero-order valence-corrected chi connectivity index (χ0v) is 12.6. The van der Waals surface area contributed by atoms with Crippen molar-refractivity contribution in [2.45, 2.75) is 37.5 Å². The van der Waals surface area contributed by atoms with Gasteiger partial charge >= 0.3 is 5.97 Å². The van der Waals surface area contributed by atoms with Crippen molar-refractivity contribution in [1.82, 2.24) is 14.8 Å². The van der Waals surface area contributed by atoms with Crippen LogP contribution in [0.25, 0.3) is 0 Å². The van der Waals surface area contributed by atoms with Crippen LogP contribution in [-0.2, 0) is 16.1 Å². The molecule has 0 aromatic carbocycles. The zero-order valence-electron chi connectivity index (χ0n) is 11.8. The van der Waals surface area contributed by atoms with E-state index in [9.17, 15) is 4.79 Å². The van der Waals surface area contributed by atoms with Gasteiger partial charge in [0.2, 0.25) is 5.95 Å². The fraction of sp³-hybridized carbons (Fsp3) is 0.750. The topological polar surface area (TPSA) is 80.5 Å². The average molecular weight is 300 g/mol. The molecular weight excluding hydrogens is 280 g/mol. The molecule has 0 aliphatic carbocycles. The third-order valence-corrected chi connectivity index (χ3v) is 4.34. The van der Waals surface area contributed by atoms with Gasteiger partial charge in [0.1, 0.15) is 0 Å². The van der Waals surface area contributed by atoms with E-state index in [2.05, 4.69) is 15.1 Å². The quantitative estimate of drug-likeness (QED) is 0.788. The van der Waals surface area contributed by atoms with E-state index in [1.165, 1.54) is 11.8 Å². The SMILES string of the molecule is CCn1c(SCC(=O)O)nnc1N(C)C1CCOCC1. The average Bonchev–Trinajstić information content (AvgIpc) is 2.88. The fourth-order valence-electron chi connectivity index (χ4n) is 2.29. The molecular formula is C12H20N4O3S. The molecule has 2 heterocycles. The second kappa shape index (κ2) is 6.94. The summed E-state index contributed by atoms with van der Waals surface area (Å²) in [5.41, 5.74) is 0. The number of ether oxygens (including phenoxy) is 1. The minimum absolute atomic E-state index is 0.000877. The molecule has 0 unspecified atom stereocenters. The highest BCUT2D eigenvalue weighted by Gasteiger charge is 2.23. The molecule has 1 aromatic rings. The van der Waals surface area contributed by atoms with Crippen LogP contribution in [-0.4, -0.2) is 57.9 Å². The summed E-state index contributed by atoms with van der Waals surface area (Å²) in [7, 11) is 2.01. The summed E-state index contributed by atoms with van der Waals surface area (Å²) in [5, 5.41) is 17.8. The van der Waals surface area contributed by atoms with E-state index in [0.717, 1.165) is 38.5 Å². The van der Waals surface area contributed by atoms with E-state index < -0.39 is 5.97 Å². The molecule has 0 saturated carbocycles. The summed E-state index contributed by atoms with van der Waals surface area (Å²) in [6.07, 6.45) is 1.95. The number of carboxylic acids is 1. The predicted octanol–water partition coefficient (Wildman–Crippen LogP) is 1.09. The predicted molar refractivity (Wildman–Crippen MR) is 76.3 cm³/mol. The molecule has 1 aromatic heterocycles. The number of hydrogen-bond donors (Lipinski definition) is 1. The second-order valence-electron chi connectivity index (χ2n) is 4.66. The Morgan fingerprint density at radius 1 is 1.50 bits per heavy atom. The van der Waals surface area contributed by atoms with Gasteiger partial charge in [-0.3, -0.25) is 9.36 Å². The number of nitrogens with zero attached hydrogens (tertiary/aromatic N) is 4. The molecule has 2 rings (SSSR count). The molecule has 20 heavy (non-hydrogen) atoms. The Hall–Kier alpha value is -1.28. The lowest BCUT2D eigenvalue weighted by Crippen LogP contribution is -2.38. The minimum Gasteiger partial charge on any atom is -0.481 e. The molecule has 0 amide bonds. The van der Waals surface area contributed by atoms with Crippen molar-refractivity contribution in [3.8, 4) is 0 Å². The van der Waals surface area contributed by atoms with Crippen LogP contribution in [0.4, 0.5) is 5.95 Å². The number of anilines is 1. The lowest BCUT2D eigenvalue weighted by molar-refractivity contribution is -0.133. The van der Waals surface area contributed by atoms with Crippen molar-refractivity contribution in [1.29, 1.82) is 0 Å². The smallest absolute Gasteiger partial charge is 0.313 e. The lowest BCUT2D eigenvalue weighted by atomic mass is 10.1. The monoisotopic (exact) mass is 300 g/mol. The Balaban J connectivity index is 2.12. The van der Waals surface area contributed by atoms with E-state index in [1.807, 2.05) is 18.5 Å². The summed E-state index contributed by atoms with van der Waals surface area (Å²) in [4.78, 5) is 12.8. The first-order valence-electron chi connectivity index (χ1n) is 6.71. The zero-order chi connectivity index (χ0) is 14.5. The molecule has 1 saturated heterocycles. The molecule has 0 bridgehead atoms. The Labute approximate surface area is 122 Å². The first kappa shape index (κ1) is 15.1. The summed E-state index contributed by atoms with van der Waals surface area (Å²) in [5.74, 6) is -0.0497. The third kappa shape index (κ3) is 3.43. The maximum absolute atomic E-state index is 10.7. The van der Waals surface area contributed by atoms with Crippen molar-refractivity contribution >= 4 is 23.7 Å². The van der Waals surface area contributed by atoms with Crippen LogP contribution in [0.5, 0.6) is 0 Å². The number of carboxylic acid groups (broad SMARTS) is 1. The summed E-state index contributed by atoms with van der Waals surface area (Å²) in [6, 6.07) is 0.399. The molecule has 1 fully saturated rings. The highest BCUT2D eigenvalue weighted by atomic mass is 32.2. The van der Waals surface area contributed by atoms with E-state index in [4.69, 9.17) is 9.84 Å². The summed E-state index contributed by atoms with van der Waals surface area (Å²) >= 11 is 1.20. The van der Waals surface area contributed by atoms with Gasteiger partial charge in [-0.2, -0.15) is 0 Å². The summed E-state index contributed by atoms with van der Waals surface area (Å²) < 4.78 is 7.33. The molecule has 8 heteroatoms. The summed E-state index contributed by atoms with van der Waals surface area (Å²) in [6.45, 7) is 4.28. The highest BCUT2D eigenvalue weighted by Crippen LogP contribution is 2.24. The van der Waals surface area contributed by atoms with Crippen LogP contribution < -0.4 is 4.90 Å². The van der Waals surface area contributed by atoms with E-state index in [-0.39, 0.29) is 5.75 Å². The van der Waals surface area contributed by atoms with Gasteiger partial charge in [0.05, 0.1) is 5.75 Å². The molecule has 1 N–H and O–H groups in total. The van der Waals surface area contributed by atoms with Gasteiger partial charge in [-0.25, -0.2) is 0 Å². The fourth-order valence-corrected chi connectivity index (χ4v) is 3.01. The van der Waals surface area contributed by atoms with Gasteiger partial charge < -0.3 is 14.7 Å². The van der Waals surface area contributed by atoms with Gasteiger partial charge in [0.15, 0.2) is 5.16 Å². The lowest BCUT2D eigenvalue weighted by Gasteiger charge is -2.31.